The smallest absolute Gasteiger partial charge is 0.309 e. The molecule has 0 aliphatic carbocycles. The van der Waals surface area contributed by atoms with Crippen molar-refractivity contribution in [2.75, 3.05) is 33.3 Å². The number of carbonyl (C=O) groups is 1. The molecule has 2 atom stereocenters. The number of methoxy groups -OCH3 is 1. The maximum Gasteiger partial charge on any atom is 0.309 e. The molecular formula is C11H20N2O2. The van der Waals surface area contributed by atoms with E-state index in [0.717, 1.165) is 39.0 Å². The predicted octanol–water partition coefficient (Wildman–Crippen LogP) is 0.233. The van der Waals surface area contributed by atoms with Gasteiger partial charge in [0.25, 0.3) is 0 Å². The van der Waals surface area contributed by atoms with Gasteiger partial charge in [-0.3, -0.25) is 9.69 Å². The second-order valence-electron chi connectivity index (χ2n) is 4.50. The van der Waals surface area contributed by atoms with Gasteiger partial charge in [0.05, 0.1) is 13.0 Å². The average Bonchev–Trinajstić information content (AvgIpc) is 2.82. The van der Waals surface area contributed by atoms with Gasteiger partial charge in [0, 0.05) is 19.1 Å². The zero-order valence-corrected chi connectivity index (χ0v) is 9.37. The molecule has 2 unspecified atom stereocenters. The highest BCUT2D eigenvalue weighted by atomic mass is 16.5. The molecule has 2 aliphatic heterocycles. The lowest BCUT2D eigenvalue weighted by Gasteiger charge is -2.35. The first-order chi connectivity index (χ1) is 7.31. The lowest BCUT2D eigenvalue weighted by Crippen LogP contribution is -2.45. The second-order valence-corrected chi connectivity index (χ2v) is 4.50. The van der Waals surface area contributed by atoms with Gasteiger partial charge in [-0.25, -0.2) is 0 Å². The molecule has 2 aliphatic rings. The molecule has 2 rings (SSSR count). The number of esters is 1. The van der Waals surface area contributed by atoms with Gasteiger partial charge < -0.3 is 10.1 Å². The molecule has 0 aromatic carbocycles. The van der Waals surface area contributed by atoms with Crippen molar-refractivity contribution >= 4 is 5.97 Å². The number of carbonyl (C=O) groups excluding carboxylic acids is 1. The zero-order chi connectivity index (χ0) is 10.7. The minimum atomic E-state index is -0.0364. The van der Waals surface area contributed by atoms with Crippen molar-refractivity contribution in [3.05, 3.63) is 0 Å². The summed E-state index contributed by atoms with van der Waals surface area (Å²) in [5.74, 6) is 0.0648. The maximum atomic E-state index is 11.5. The quantitative estimate of drug-likeness (QED) is 0.665. The summed E-state index contributed by atoms with van der Waals surface area (Å²) in [6.07, 6.45) is 3.33. The lowest BCUT2D eigenvalue weighted by molar-refractivity contribution is -0.147. The van der Waals surface area contributed by atoms with E-state index in [1.54, 1.807) is 0 Å². The van der Waals surface area contributed by atoms with Crippen LogP contribution in [0.4, 0.5) is 0 Å². The van der Waals surface area contributed by atoms with Crippen molar-refractivity contribution in [1.29, 1.82) is 0 Å². The third-order valence-corrected chi connectivity index (χ3v) is 3.54. The summed E-state index contributed by atoms with van der Waals surface area (Å²) < 4.78 is 4.82. The molecule has 0 saturated carbocycles. The molecule has 2 fully saturated rings. The molecule has 0 aromatic rings. The largest absolute Gasteiger partial charge is 0.469 e. The van der Waals surface area contributed by atoms with E-state index in [4.69, 9.17) is 4.74 Å². The van der Waals surface area contributed by atoms with Crippen LogP contribution < -0.4 is 5.32 Å². The van der Waals surface area contributed by atoms with Crippen molar-refractivity contribution in [3.63, 3.8) is 0 Å². The van der Waals surface area contributed by atoms with Crippen molar-refractivity contribution in [3.8, 4) is 0 Å². The first-order valence-electron chi connectivity index (χ1n) is 5.84. The molecular weight excluding hydrogens is 192 g/mol. The van der Waals surface area contributed by atoms with Gasteiger partial charge in [0.1, 0.15) is 0 Å². The monoisotopic (exact) mass is 212 g/mol. The molecule has 4 heteroatoms. The molecule has 4 nitrogen and oxygen atoms in total. The lowest BCUT2D eigenvalue weighted by atomic mass is 9.96. The van der Waals surface area contributed by atoms with Gasteiger partial charge in [-0.05, 0) is 32.4 Å². The standard InChI is InChI=1S/C11H20N2O2/c1-15-11(14)9-3-2-6-13(8-9)10-4-5-12-7-10/h9-10,12H,2-8H2,1H3. The normalized spacial score (nSPS) is 32.9. The van der Waals surface area contributed by atoms with E-state index in [1.807, 2.05) is 0 Å². The fourth-order valence-electron chi connectivity index (χ4n) is 2.65. The molecule has 0 aromatic heterocycles. The van der Waals surface area contributed by atoms with Crippen molar-refractivity contribution in [2.45, 2.75) is 25.3 Å². The van der Waals surface area contributed by atoms with E-state index in [1.165, 1.54) is 13.5 Å². The number of nitrogens with one attached hydrogen (secondary N) is 1. The number of hydrogen-bond acceptors (Lipinski definition) is 4. The van der Waals surface area contributed by atoms with Crippen LogP contribution in [0.15, 0.2) is 0 Å². The minimum Gasteiger partial charge on any atom is -0.469 e. The van der Waals surface area contributed by atoms with Crippen LogP contribution in [-0.2, 0) is 9.53 Å². The Morgan fingerprint density at radius 3 is 3.00 bits per heavy atom. The number of rotatable bonds is 2. The van der Waals surface area contributed by atoms with Crippen LogP contribution >= 0.6 is 0 Å². The van der Waals surface area contributed by atoms with E-state index >= 15 is 0 Å². The van der Waals surface area contributed by atoms with E-state index in [9.17, 15) is 4.79 Å². The molecule has 0 spiro atoms. The third kappa shape index (κ3) is 2.49. The Balaban J connectivity index is 1.88. The summed E-state index contributed by atoms with van der Waals surface area (Å²) in [5.41, 5.74) is 0. The van der Waals surface area contributed by atoms with Gasteiger partial charge in [0.2, 0.25) is 0 Å². The van der Waals surface area contributed by atoms with E-state index in [2.05, 4.69) is 10.2 Å². The van der Waals surface area contributed by atoms with Gasteiger partial charge in [-0.15, -0.1) is 0 Å². The fraction of sp³-hybridized carbons (Fsp3) is 0.909. The van der Waals surface area contributed by atoms with Crippen LogP contribution in [-0.4, -0.2) is 50.2 Å². The van der Waals surface area contributed by atoms with Crippen molar-refractivity contribution in [1.82, 2.24) is 10.2 Å². The Morgan fingerprint density at radius 1 is 1.47 bits per heavy atom. The highest BCUT2D eigenvalue weighted by Crippen LogP contribution is 2.21. The number of piperidine rings is 1. The molecule has 0 bridgehead atoms. The van der Waals surface area contributed by atoms with E-state index in [0.29, 0.717) is 6.04 Å². The van der Waals surface area contributed by atoms with Crippen LogP contribution in [0.3, 0.4) is 0 Å². The zero-order valence-electron chi connectivity index (χ0n) is 9.37. The Bertz CT molecular complexity index is 227. The summed E-state index contributed by atoms with van der Waals surface area (Å²) in [5, 5.41) is 3.37. The van der Waals surface area contributed by atoms with Crippen molar-refractivity contribution < 1.29 is 9.53 Å². The molecule has 86 valence electrons. The summed E-state index contributed by atoms with van der Waals surface area (Å²) in [7, 11) is 1.48. The first-order valence-corrected chi connectivity index (χ1v) is 5.84. The predicted molar refractivity (Wildman–Crippen MR) is 57.6 cm³/mol. The SMILES string of the molecule is COC(=O)C1CCCN(C2CCNC2)C1. The van der Waals surface area contributed by atoms with Crippen LogP contribution in [0.25, 0.3) is 0 Å². The Hall–Kier alpha value is -0.610. The average molecular weight is 212 g/mol. The minimum absolute atomic E-state index is 0.0364. The van der Waals surface area contributed by atoms with E-state index in [-0.39, 0.29) is 11.9 Å². The summed E-state index contributed by atoms with van der Waals surface area (Å²) >= 11 is 0. The van der Waals surface area contributed by atoms with Gasteiger partial charge in [-0.1, -0.05) is 0 Å². The summed E-state index contributed by atoms with van der Waals surface area (Å²) in [4.78, 5) is 13.9. The topological polar surface area (TPSA) is 41.6 Å². The Kier molecular flexibility index (Phi) is 3.59. The summed E-state index contributed by atoms with van der Waals surface area (Å²) in [6, 6.07) is 0.637. The first kappa shape index (κ1) is 10.9. The van der Waals surface area contributed by atoms with Crippen molar-refractivity contribution in [2.24, 2.45) is 5.92 Å². The Morgan fingerprint density at radius 2 is 2.33 bits per heavy atom. The number of nitrogens with zero attached hydrogens (tertiary/aromatic N) is 1. The van der Waals surface area contributed by atoms with Crippen LogP contribution in [0.5, 0.6) is 0 Å². The molecule has 0 radical (unpaired) electrons. The van der Waals surface area contributed by atoms with Gasteiger partial charge in [-0.2, -0.15) is 0 Å². The fourth-order valence-corrected chi connectivity index (χ4v) is 2.65. The van der Waals surface area contributed by atoms with E-state index < -0.39 is 0 Å². The second kappa shape index (κ2) is 4.94. The molecule has 2 saturated heterocycles. The van der Waals surface area contributed by atoms with Crippen LogP contribution in [0.2, 0.25) is 0 Å². The third-order valence-electron chi connectivity index (χ3n) is 3.54. The highest BCUT2D eigenvalue weighted by Gasteiger charge is 2.31. The highest BCUT2D eigenvalue weighted by molar-refractivity contribution is 5.72. The van der Waals surface area contributed by atoms with Crippen LogP contribution in [0.1, 0.15) is 19.3 Å². The van der Waals surface area contributed by atoms with Gasteiger partial charge >= 0.3 is 5.97 Å². The van der Waals surface area contributed by atoms with Gasteiger partial charge in [0.15, 0.2) is 0 Å². The number of likely N-dealkylation sites (tertiary alicyclic amines) is 1. The molecule has 0 amide bonds. The Labute approximate surface area is 91.0 Å². The number of ether oxygens (including phenoxy) is 1. The van der Waals surface area contributed by atoms with Crippen LogP contribution in [0, 0.1) is 5.92 Å². The molecule has 15 heavy (non-hydrogen) atoms. The summed E-state index contributed by atoms with van der Waals surface area (Å²) in [6.45, 7) is 4.22. The molecule has 2 heterocycles. The molecule has 1 N–H and O–H groups in total. The maximum absolute atomic E-state index is 11.5. The number of hydrogen-bond donors (Lipinski definition) is 1.